The number of hydrogen-bond acceptors (Lipinski definition) is 6. The molecular formula is C26H31ClN2O5. The molecule has 2 aromatic carbocycles. The van der Waals surface area contributed by atoms with E-state index in [2.05, 4.69) is 18.7 Å². The largest absolute Gasteiger partial charge is 0.507 e. The van der Waals surface area contributed by atoms with Crippen LogP contribution in [0.2, 0.25) is 5.02 Å². The first-order chi connectivity index (χ1) is 16.3. The van der Waals surface area contributed by atoms with Crippen LogP contribution < -0.4 is 14.4 Å². The normalized spacial score (nSPS) is 17.2. The van der Waals surface area contributed by atoms with Gasteiger partial charge in [-0.3, -0.25) is 9.59 Å². The maximum absolute atomic E-state index is 13.1. The summed E-state index contributed by atoms with van der Waals surface area (Å²) in [6.45, 7) is 8.21. The lowest BCUT2D eigenvalue weighted by Crippen LogP contribution is -2.30. The molecule has 1 atom stereocenters. The van der Waals surface area contributed by atoms with Gasteiger partial charge in [0, 0.05) is 31.4 Å². The van der Waals surface area contributed by atoms with Crippen LogP contribution in [0.3, 0.4) is 0 Å². The number of Topliss-reactive ketones (excluding diaryl/α,β-unsaturated/α-hetero) is 1. The van der Waals surface area contributed by atoms with E-state index in [4.69, 9.17) is 21.1 Å². The molecule has 1 aliphatic heterocycles. The second-order valence-electron chi connectivity index (χ2n) is 7.94. The van der Waals surface area contributed by atoms with E-state index in [0.717, 1.165) is 24.3 Å². The number of amides is 1. The Morgan fingerprint density at radius 1 is 1.03 bits per heavy atom. The highest BCUT2D eigenvalue weighted by molar-refractivity contribution is 6.46. The zero-order chi connectivity index (χ0) is 25.0. The van der Waals surface area contributed by atoms with Crippen molar-refractivity contribution in [2.45, 2.75) is 33.2 Å². The summed E-state index contributed by atoms with van der Waals surface area (Å²) in [5.74, 6) is -1.07. The summed E-state index contributed by atoms with van der Waals surface area (Å²) in [5, 5.41) is 11.6. The number of aliphatic hydroxyl groups excluding tert-OH is 1. The van der Waals surface area contributed by atoms with E-state index in [1.165, 1.54) is 31.3 Å². The molecule has 0 radical (unpaired) electrons. The Kier molecular flexibility index (Phi) is 8.10. The number of ketones is 1. The average molecular weight is 487 g/mol. The topological polar surface area (TPSA) is 79.3 Å². The summed E-state index contributed by atoms with van der Waals surface area (Å²) < 4.78 is 10.7. The van der Waals surface area contributed by atoms with Gasteiger partial charge in [-0.05, 0) is 44.0 Å². The Morgan fingerprint density at radius 2 is 1.65 bits per heavy atom. The fourth-order valence-electron chi connectivity index (χ4n) is 4.34. The number of halogens is 1. The lowest BCUT2D eigenvalue weighted by Gasteiger charge is -2.26. The molecule has 34 heavy (non-hydrogen) atoms. The van der Waals surface area contributed by atoms with Crippen LogP contribution in [0.1, 0.15) is 44.4 Å². The third-order valence-corrected chi connectivity index (χ3v) is 6.37. The van der Waals surface area contributed by atoms with Crippen molar-refractivity contribution < 1.29 is 24.2 Å². The SMILES string of the molecule is CCCN1C(=O)C(=O)/C(=C(/O)c2cc(Cl)c(OC)cc2OC)C1c1ccc(N(CC)CC)cc1. The minimum absolute atomic E-state index is 0.00794. The van der Waals surface area contributed by atoms with Gasteiger partial charge in [0.1, 0.15) is 17.3 Å². The van der Waals surface area contributed by atoms with Crippen LogP contribution in [0.5, 0.6) is 11.5 Å². The fourth-order valence-corrected chi connectivity index (χ4v) is 4.59. The number of hydrogen-bond donors (Lipinski definition) is 1. The Hall–Kier alpha value is -3.19. The van der Waals surface area contributed by atoms with Crippen molar-refractivity contribution in [2.75, 3.05) is 38.8 Å². The molecule has 3 rings (SSSR count). The van der Waals surface area contributed by atoms with Crippen LogP contribution in [0.4, 0.5) is 5.69 Å². The molecule has 1 N–H and O–H groups in total. The van der Waals surface area contributed by atoms with Gasteiger partial charge in [0.2, 0.25) is 0 Å². The maximum atomic E-state index is 13.1. The Balaban J connectivity index is 2.20. The van der Waals surface area contributed by atoms with Crippen molar-refractivity contribution in [2.24, 2.45) is 0 Å². The van der Waals surface area contributed by atoms with E-state index in [0.29, 0.717) is 18.7 Å². The highest BCUT2D eigenvalue weighted by Gasteiger charge is 2.46. The summed E-state index contributed by atoms with van der Waals surface area (Å²) >= 11 is 6.30. The van der Waals surface area contributed by atoms with Crippen molar-refractivity contribution in [3.8, 4) is 11.5 Å². The van der Waals surface area contributed by atoms with Gasteiger partial charge in [-0.2, -0.15) is 0 Å². The minimum Gasteiger partial charge on any atom is -0.507 e. The second kappa shape index (κ2) is 10.8. The van der Waals surface area contributed by atoms with E-state index in [-0.39, 0.29) is 27.7 Å². The van der Waals surface area contributed by atoms with Gasteiger partial charge < -0.3 is 24.4 Å². The molecule has 1 amide bonds. The molecule has 1 unspecified atom stereocenters. The molecule has 1 aliphatic rings. The summed E-state index contributed by atoms with van der Waals surface area (Å²) in [7, 11) is 2.91. The molecule has 0 aliphatic carbocycles. The fraction of sp³-hybridized carbons (Fsp3) is 0.385. The Labute approximate surface area is 205 Å². The van der Waals surface area contributed by atoms with Crippen LogP contribution in [0.15, 0.2) is 42.0 Å². The van der Waals surface area contributed by atoms with Gasteiger partial charge >= 0.3 is 0 Å². The average Bonchev–Trinajstić information content (AvgIpc) is 3.10. The molecule has 0 saturated carbocycles. The van der Waals surface area contributed by atoms with Gasteiger partial charge in [-0.25, -0.2) is 0 Å². The van der Waals surface area contributed by atoms with E-state index in [1.54, 1.807) is 0 Å². The quantitative estimate of drug-likeness (QED) is 0.304. The molecule has 0 bridgehead atoms. The molecule has 8 heteroatoms. The Bertz CT molecular complexity index is 1090. The van der Waals surface area contributed by atoms with Gasteiger partial charge in [0.15, 0.2) is 0 Å². The molecule has 1 saturated heterocycles. The lowest BCUT2D eigenvalue weighted by atomic mass is 9.94. The summed E-state index contributed by atoms with van der Waals surface area (Å²) in [5.41, 5.74) is 2.01. The van der Waals surface area contributed by atoms with Gasteiger partial charge in [-0.1, -0.05) is 30.7 Å². The number of rotatable bonds is 9. The number of ether oxygens (including phenoxy) is 2. The molecule has 2 aromatic rings. The summed E-state index contributed by atoms with van der Waals surface area (Å²) in [4.78, 5) is 29.8. The first kappa shape index (κ1) is 25.4. The standard InChI is InChI=1S/C26H31ClN2O5/c1-6-13-29-23(16-9-11-17(12-10-16)28(7-2)8-3)22(25(31)26(29)32)24(30)18-14-19(27)21(34-5)15-20(18)33-4/h9-12,14-15,23,30H,6-8,13H2,1-5H3/b24-22+. The summed E-state index contributed by atoms with van der Waals surface area (Å²) in [6, 6.07) is 10.0. The summed E-state index contributed by atoms with van der Waals surface area (Å²) in [6.07, 6.45) is 0.665. The second-order valence-corrected chi connectivity index (χ2v) is 8.35. The number of carbonyl (C=O) groups excluding carboxylic acids is 2. The molecule has 7 nitrogen and oxygen atoms in total. The third kappa shape index (κ3) is 4.57. The molecule has 1 heterocycles. The first-order valence-corrected chi connectivity index (χ1v) is 11.8. The van der Waals surface area contributed by atoms with Crippen LogP contribution >= 0.6 is 11.6 Å². The highest BCUT2D eigenvalue weighted by Crippen LogP contribution is 2.43. The number of methoxy groups -OCH3 is 2. The predicted molar refractivity (Wildman–Crippen MR) is 134 cm³/mol. The number of benzene rings is 2. The maximum Gasteiger partial charge on any atom is 0.295 e. The lowest BCUT2D eigenvalue weighted by molar-refractivity contribution is -0.139. The van der Waals surface area contributed by atoms with Crippen molar-refractivity contribution in [3.63, 3.8) is 0 Å². The van der Waals surface area contributed by atoms with Gasteiger partial charge in [0.05, 0.1) is 36.4 Å². The number of aliphatic hydroxyl groups is 1. The third-order valence-electron chi connectivity index (χ3n) is 6.07. The van der Waals surface area contributed by atoms with Crippen LogP contribution in [0.25, 0.3) is 5.76 Å². The van der Waals surface area contributed by atoms with E-state index in [1.807, 2.05) is 31.2 Å². The van der Waals surface area contributed by atoms with E-state index < -0.39 is 17.7 Å². The van der Waals surface area contributed by atoms with Crippen molar-refractivity contribution >= 4 is 34.7 Å². The number of nitrogens with zero attached hydrogens (tertiary/aromatic N) is 2. The number of anilines is 1. The number of likely N-dealkylation sites (tertiary alicyclic amines) is 1. The van der Waals surface area contributed by atoms with Crippen LogP contribution in [-0.2, 0) is 9.59 Å². The minimum atomic E-state index is -0.738. The van der Waals surface area contributed by atoms with E-state index in [9.17, 15) is 14.7 Å². The Morgan fingerprint density at radius 3 is 2.18 bits per heavy atom. The van der Waals surface area contributed by atoms with Crippen molar-refractivity contribution in [1.82, 2.24) is 4.90 Å². The van der Waals surface area contributed by atoms with Crippen molar-refractivity contribution in [3.05, 3.63) is 58.1 Å². The highest BCUT2D eigenvalue weighted by atomic mass is 35.5. The zero-order valence-electron chi connectivity index (χ0n) is 20.2. The van der Waals surface area contributed by atoms with Crippen molar-refractivity contribution in [1.29, 1.82) is 0 Å². The van der Waals surface area contributed by atoms with Gasteiger partial charge in [-0.15, -0.1) is 0 Å². The number of carbonyl (C=O) groups is 2. The van der Waals surface area contributed by atoms with Gasteiger partial charge in [0.25, 0.3) is 11.7 Å². The molecule has 0 spiro atoms. The monoisotopic (exact) mass is 486 g/mol. The zero-order valence-corrected chi connectivity index (χ0v) is 21.0. The molecular weight excluding hydrogens is 456 g/mol. The molecule has 182 valence electrons. The smallest absolute Gasteiger partial charge is 0.295 e. The van der Waals surface area contributed by atoms with E-state index >= 15 is 0 Å². The first-order valence-electron chi connectivity index (χ1n) is 11.4. The molecule has 0 aromatic heterocycles. The van der Waals surface area contributed by atoms with Crippen LogP contribution in [-0.4, -0.2) is 55.6 Å². The molecule has 1 fully saturated rings. The predicted octanol–water partition coefficient (Wildman–Crippen LogP) is 5.04. The van der Waals surface area contributed by atoms with Crippen LogP contribution in [0, 0.1) is 0 Å².